The van der Waals surface area contributed by atoms with Gasteiger partial charge in [-0.05, 0) is 38.0 Å². The van der Waals surface area contributed by atoms with Gasteiger partial charge in [-0.25, -0.2) is 0 Å². The number of hydrogen-bond donors (Lipinski definition) is 0. The summed E-state index contributed by atoms with van der Waals surface area (Å²) >= 11 is 0. The normalized spacial score (nSPS) is 15.6. The second-order valence-corrected chi connectivity index (χ2v) is 6.07. The zero-order valence-corrected chi connectivity index (χ0v) is 15.8. The van der Waals surface area contributed by atoms with E-state index in [4.69, 9.17) is 23.7 Å². The summed E-state index contributed by atoms with van der Waals surface area (Å²) < 4.78 is 28.5. The van der Waals surface area contributed by atoms with Gasteiger partial charge < -0.3 is 23.7 Å². The predicted molar refractivity (Wildman–Crippen MR) is 100 cm³/mol. The third kappa shape index (κ3) is 3.52. The van der Waals surface area contributed by atoms with Crippen molar-refractivity contribution in [3.63, 3.8) is 0 Å². The van der Waals surface area contributed by atoms with E-state index in [0.29, 0.717) is 37.1 Å². The second-order valence-electron chi connectivity index (χ2n) is 6.07. The lowest BCUT2D eigenvalue weighted by atomic mass is 9.89. The zero-order valence-electron chi connectivity index (χ0n) is 15.8. The number of methoxy groups -OCH3 is 2. The van der Waals surface area contributed by atoms with Gasteiger partial charge in [-0.2, -0.15) is 0 Å². The lowest BCUT2D eigenvalue weighted by molar-refractivity contribution is 0.251. The fourth-order valence-corrected chi connectivity index (χ4v) is 3.34. The fourth-order valence-electron chi connectivity index (χ4n) is 3.34. The number of benzene rings is 2. The van der Waals surface area contributed by atoms with Crippen LogP contribution in [0.15, 0.2) is 30.3 Å². The smallest absolute Gasteiger partial charge is 0.203 e. The van der Waals surface area contributed by atoms with E-state index >= 15 is 0 Å². The molecular formula is C21H26O5. The van der Waals surface area contributed by atoms with Crippen LogP contribution >= 0.6 is 0 Å². The van der Waals surface area contributed by atoms with Crippen molar-refractivity contribution >= 4 is 0 Å². The molecule has 26 heavy (non-hydrogen) atoms. The first-order valence-electron chi connectivity index (χ1n) is 8.97. The molecule has 1 heterocycles. The maximum atomic E-state index is 6.03. The molecule has 5 heteroatoms. The van der Waals surface area contributed by atoms with E-state index in [2.05, 4.69) is 6.07 Å². The van der Waals surface area contributed by atoms with Crippen LogP contribution in [0.2, 0.25) is 0 Å². The maximum Gasteiger partial charge on any atom is 0.203 e. The van der Waals surface area contributed by atoms with Gasteiger partial charge in [0.05, 0.1) is 34.0 Å². The summed E-state index contributed by atoms with van der Waals surface area (Å²) in [7, 11) is 3.29. The van der Waals surface area contributed by atoms with Gasteiger partial charge in [0.1, 0.15) is 11.5 Å². The molecule has 0 radical (unpaired) electrons. The summed E-state index contributed by atoms with van der Waals surface area (Å²) in [5, 5.41) is 0. The third-order valence-corrected chi connectivity index (χ3v) is 4.51. The Balaban J connectivity index is 1.91. The van der Waals surface area contributed by atoms with Crippen molar-refractivity contribution < 1.29 is 23.7 Å². The Hall–Kier alpha value is -2.56. The third-order valence-electron chi connectivity index (χ3n) is 4.51. The molecule has 0 aliphatic carbocycles. The van der Waals surface area contributed by atoms with E-state index in [9.17, 15) is 0 Å². The number of rotatable bonds is 7. The molecule has 0 N–H and O–H groups in total. The minimum absolute atomic E-state index is 0.181. The quantitative estimate of drug-likeness (QED) is 0.742. The molecule has 0 saturated heterocycles. The molecule has 1 atom stereocenters. The van der Waals surface area contributed by atoms with E-state index < -0.39 is 0 Å². The Kier molecular flexibility index (Phi) is 5.76. The van der Waals surface area contributed by atoms with E-state index in [-0.39, 0.29) is 5.92 Å². The Labute approximate surface area is 154 Å². The van der Waals surface area contributed by atoms with Crippen LogP contribution in [0.3, 0.4) is 0 Å². The number of ether oxygens (including phenoxy) is 5. The van der Waals surface area contributed by atoms with Gasteiger partial charge in [0, 0.05) is 17.5 Å². The van der Waals surface area contributed by atoms with Gasteiger partial charge in [-0.1, -0.05) is 12.1 Å². The van der Waals surface area contributed by atoms with Crippen LogP contribution in [0.25, 0.3) is 0 Å². The maximum absolute atomic E-state index is 6.03. The molecule has 140 valence electrons. The first-order valence-corrected chi connectivity index (χ1v) is 8.97. The van der Waals surface area contributed by atoms with Crippen molar-refractivity contribution in [1.29, 1.82) is 0 Å². The van der Waals surface area contributed by atoms with E-state index in [0.717, 1.165) is 23.5 Å². The van der Waals surface area contributed by atoms with Crippen LogP contribution in [0.1, 0.15) is 30.9 Å². The van der Waals surface area contributed by atoms with Crippen LogP contribution < -0.4 is 23.7 Å². The minimum Gasteiger partial charge on any atom is -0.494 e. The van der Waals surface area contributed by atoms with Crippen LogP contribution in [0.5, 0.6) is 28.7 Å². The van der Waals surface area contributed by atoms with E-state index in [1.54, 1.807) is 14.2 Å². The Morgan fingerprint density at radius 3 is 2.46 bits per heavy atom. The van der Waals surface area contributed by atoms with Crippen LogP contribution in [-0.4, -0.2) is 34.0 Å². The van der Waals surface area contributed by atoms with Gasteiger partial charge in [-0.15, -0.1) is 0 Å². The molecule has 1 aliphatic rings. The number of hydrogen-bond acceptors (Lipinski definition) is 5. The highest BCUT2D eigenvalue weighted by molar-refractivity contribution is 5.57. The summed E-state index contributed by atoms with van der Waals surface area (Å²) in [5.41, 5.74) is 2.23. The molecule has 0 saturated carbocycles. The Morgan fingerprint density at radius 2 is 1.77 bits per heavy atom. The highest BCUT2D eigenvalue weighted by Crippen LogP contribution is 2.45. The SMILES string of the molecule is CCOc1ccc2c(c1)OCC(c1ccc(OC)c(OCC)c1OC)C2. The first kappa shape index (κ1) is 18.2. The monoisotopic (exact) mass is 358 g/mol. The van der Waals surface area contributed by atoms with Crippen LogP contribution in [-0.2, 0) is 6.42 Å². The van der Waals surface area contributed by atoms with Gasteiger partial charge in [0.25, 0.3) is 0 Å². The predicted octanol–water partition coefficient (Wildman–Crippen LogP) is 4.22. The fraction of sp³-hybridized carbons (Fsp3) is 0.429. The highest BCUT2D eigenvalue weighted by atomic mass is 16.5. The Morgan fingerprint density at radius 1 is 0.962 bits per heavy atom. The molecular weight excluding hydrogens is 332 g/mol. The standard InChI is InChI=1S/C21H26O5/c1-5-24-16-8-7-14-11-15(13-26-19(14)12-16)17-9-10-18(22-3)21(25-6-2)20(17)23-4/h7-10,12,15H,5-6,11,13H2,1-4H3. The molecule has 3 rings (SSSR count). The van der Waals surface area contributed by atoms with Crippen molar-refractivity contribution in [1.82, 2.24) is 0 Å². The second kappa shape index (κ2) is 8.21. The molecule has 2 aromatic rings. The van der Waals surface area contributed by atoms with Crippen molar-refractivity contribution in [2.75, 3.05) is 34.0 Å². The first-order chi connectivity index (χ1) is 12.7. The molecule has 1 aliphatic heterocycles. The largest absolute Gasteiger partial charge is 0.494 e. The molecule has 2 aromatic carbocycles. The molecule has 5 nitrogen and oxygen atoms in total. The lowest BCUT2D eigenvalue weighted by Gasteiger charge is -2.28. The molecule has 1 unspecified atom stereocenters. The van der Waals surface area contributed by atoms with Gasteiger partial charge in [0.15, 0.2) is 11.5 Å². The average molecular weight is 358 g/mol. The van der Waals surface area contributed by atoms with Crippen molar-refractivity contribution in [2.24, 2.45) is 0 Å². The summed E-state index contributed by atoms with van der Waals surface area (Å²) in [6.45, 7) is 5.69. The van der Waals surface area contributed by atoms with E-state index in [1.165, 1.54) is 5.56 Å². The minimum atomic E-state index is 0.181. The zero-order chi connectivity index (χ0) is 18.5. The summed E-state index contributed by atoms with van der Waals surface area (Å²) in [5.74, 6) is 3.95. The van der Waals surface area contributed by atoms with Gasteiger partial charge >= 0.3 is 0 Å². The number of fused-ring (bicyclic) bond motifs is 1. The van der Waals surface area contributed by atoms with Crippen LogP contribution in [0, 0.1) is 0 Å². The molecule has 0 spiro atoms. The molecule has 0 fully saturated rings. The summed E-state index contributed by atoms with van der Waals surface area (Å²) in [4.78, 5) is 0. The Bertz CT molecular complexity index is 756. The molecule has 0 bridgehead atoms. The topological polar surface area (TPSA) is 46.2 Å². The summed E-state index contributed by atoms with van der Waals surface area (Å²) in [6.07, 6.45) is 0.871. The van der Waals surface area contributed by atoms with Crippen molar-refractivity contribution in [3.8, 4) is 28.7 Å². The lowest BCUT2D eigenvalue weighted by Crippen LogP contribution is -2.20. The molecule has 0 aromatic heterocycles. The van der Waals surface area contributed by atoms with Gasteiger partial charge in [0.2, 0.25) is 5.75 Å². The van der Waals surface area contributed by atoms with Crippen LogP contribution in [0.4, 0.5) is 0 Å². The average Bonchev–Trinajstić information content (AvgIpc) is 2.67. The van der Waals surface area contributed by atoms with E-state index in [1.807, 2.05) is 38.1 Å². The van der Waals surface area contributed by atoms with Crippen molar-refractivity contribution in [3.05, 3.63) is 41.5 Å². The summed E-state index contributed by atoms with van der Waals surface area (Å²) in [6, 6.07) is 9.99. The van der Waals surface area contributed by atoms with Gasteiger partial charge in [-0.3, -0.25) is 0 Å². The molecule has 0 amide bonds. The highest BCUT2D eigenvalue weighted by Gasteiger charge is 2.27. The van der Waals surface area contributed by atoms with Crippen molar-refractivity contribution in [2.45, 2.75) is 26.2 Å².